The lowest BCUT2D eigenvalue weighted by molar-refractivity contribution is -0.142. The van der Waals surface area contributed by atoms with Gasteiger partial charge in [0.15, 0.2) is 0 Å². The molecular formula is C26H32N2O2. The van der Waals surface area contributed by atoms with Crippen LogP contribution in [0.3, 0.4) is 0 Å². The zero-order valence-electron chi connectivity index (χ0n) is 18.1. The van der Waals surface area contributed by atoms with Crippen molar-refractivity contribution in [1.82, 2.24) is 10.2 Å². The third-order valence-corrected chi connectivity index (χ3v) is 6.54. The van der Waals surface area contributed by atoms with Gasteiger partial charge in [-0.2, -0.15) is 0 Å². The van der Waals surface area contributed by atoms with Gasteiger partial charge in [-0.1, -0.05) is 54.1 Å². The zero-order valence-corrected chi connectivity index (χ0v) is 18.1. The fourth-order valence-electron chi connectivity index (χ4n) is 4.72. The smallest absolute Gasteiger partial charge is 0.228 e. The van der Waals surface area contributed by atoms with Gasteiger partial charge in [0, 0.05) is 25.6 Å². The molecule has 1 aliphatic heterocycles. The minimum Gasteiger partial charge on any atom is -0.356 e. The summed E-state index contributed by atoms with van der Waals surface area (Å²) in [5.41, 5.74) is 4.18. The summed E-state index contributed by atoms with van der Waals surface area (Å²) in [5.74, 6) is 0.516. The monoisotopic (exact) mass is 404 g/mol. The quantitative estimate of drug-likeness (QED) is 0.778. The van der Waals surface area contributed by atoms with Crippen molar-refractivity contribution < 1.29 is 9.59 Å². The Morgan fingerprint density at radius 3 is 2.53 bits per heavy atom. The number of amides is 2. The minimum atomic E-state index is -0.570. The highest BCUT2D eigenvalue weighted by Crippen LogP contribution is 2.39. The van der Waals surface area contributed by atoms with E-state index in [1.54, 1.807) is 0 Å². The third-order valence-electron chi connectivity index (χ3n) is 6.54. The van der Waals surface area contributed by atoms with Gasteiger partial charge in [-0.25, -0.2) is 0 Å². The molecule has 1 saturated carbocycles. The second-order valence-corrected chi connectivity index (χ2v) is 8.98. The SMILES string of the molecule is CCNC(=O)[C@@]1(Cc2ccccc2-c2ccc(C)cc2)CCCN(C(=O)C2CC2)C1. The molecule has 4 nitrogen and oxygen atoms in total. The Morgan fingerprint density at radius 2 is 1.83 bits per heavy atom. The van der Waals surface area contributed by atoms with Gasteiger partial charge in [0.05, 0.1) is 5.41 Å². The van der Waals surface area contributed by atoms with Crippen LogP contribution in [0.4, 0.5) is 0 Å². The minimum absolute atomic E-state index is 0.0806. The molecule has 0 bridgehead atoms. The van der Waals surface area contributed by atoms with Gasteiger partial charge in [0.1, 0.15) is 0 Å². The molecule has 2 aromatic carbocycles. The summed E-state index contributed by atoms with van der Waals surface area (Å²) >= 11 is 0. The first kappa shape index (κ1) is 20.6. The lowest BCUT2D eigenvalue weighted by atomic mass is 9.73. The first-order chi connectivity index (χ1) is 14.5. The lowest BCUT2D eigenvalue weighted by Crippen LogP contribution is -2.54. The predicted octanol–water partition coefficient (Wildman–Crippen LogP) is 4.36. The summed E-state index contributed by atoms with van der Waals surface area (Å²) in [6, 6.07) is 16.9. The van der Waals surface area contributed by atoms with E-state index in [1.807, 2.05) is 17.9 Å². The number of benzene rings is 2. The first-order valence-corrected chi connectivity index (χ1v) is 11.2. The van der Waals surface area contributed by atoms with Crippen LogP contribution < -0.4 is 5.32 Å². The van der Waals surface area contributed by atoms with Gasteiger partial charge in [-0.15, -0.1) is 0 Å². The van der Waals surface area contributed by atoms with Gasteiger partial charge in [-0.3, -0.25) is 9.59 Å². The number of nitrogens with zero attached hydrogens (tertiary/aromatic N) is 1. The van der Waals surface area contributed by atoms with Crippen LogP contribution in [0.2, 0.25) is 0 Å². The van der Waals surface area contributed by atoms with Crippen LogP contribution in [-0.2, 0) is 16.0 Å². The van der Waals surface area contributed by atoms with E-state index in [0.717, 1.165) is 32.2 Å². The molecule has 4 rings (SSSR count). The van der Waals surface area contributed by atoms with Crippen molar-refractivity contribution in [3.05, 3.63) is 59.7 Å². The molecule has 1 aliphatic carbocycles. The molecule has 158 valence electrons. The van der Waals surface area contributed by atoms with E-state index in [1.165, 1.54) is 22.3 Å². The van der Waals surface area contributed by atoms with E-state index in [-0.39, 0.29) is 17.7 Å². The van der Waals surface area contributed by atoms with Gasteiger partial charge < -0.3 is 10.2 Å². The van der Waals surface area contributed by atoms with Crippen LogP contribution in [0, 0.1) is 18.3 Å². The molecular weight excluding hydrogens is 372 g/mol. The number of hydrogen-bond acceptors (Lipinski definition) is 2. The highest BCUT2D eigenvalue weighted by atomic mass is 16.2. The normalized spacial score (nSPS) is 21.3. The fourth-order valence-corrected chi connectivity index (χ4v) is 4.72. The Balaban J connectivity index is 1.67. The summed E-state index contributed by atoms with van der Waals surface area (Å²) < 4.78 is 0. The highest BCUT2D eigenvalue weighted by Gasteiger charge is 2.45. The molecule has 1 N–H and O–H groups in total. The molecule has 1 saturated heterocycles. The number of piperidine rings is 1. The Labute approximate surface area is 179 Å². The predicted molar refractivity (Wildman–Crippen MR) is 120 cm³/mol. The largest absolute Gasteiger partial charge is 0.356 e. The van der Waals surface area contributed by atoms with E-state index < -0.39 is 5.41 Å². The van der Waals surface area contributed by atoms with Crippen LogP contribution >= 0.6 is 0 Å². The average molecular weight is 405 g/mol. The number of hydrogen-bond donors (Lipinski definition) is 1. The molecule has 0 spiro atoms. The summed E-state index contributed by atoms with van der Waals surface area (Å²) in [6.07, 6.45) is 4.34. The topological polar surface area (TPSA) is 49.4 Å². The second-order valence-electron chi connectivity index (χ2n) is 8.98. The molecule has 2 aromatic rings. The van der Waals surface area contributed by atoms with Crippen LogP contribution in [0.5, 0.6) is 0 Å². The number of nitrogens with one attached hydrogen (secondary N) is 1. The molecule has 0 radical (unpaired) electrons. The number of carbonyl (C=O) groups excluding carboxylic acids is 2. The molecule has 0 unspecified atom stereocenters. The third kappa shape index (κ3) is 4.28. The summed E-state index contributed by atoms with van der Waals surface area (Å²) in [5, 5.41) is 3.07. The zero-order chi connectivity index (χ0) is 21.1. The molecule has 1 heterocycles. The van der Waals surface area contributed by atoms with Crippen LogP contribution in [0.25, 0.3) is 11.1 Å². The molecule has 4 heteroatoms. The van der Waals surface area contributed by atoms with E-state index in [0.29, 0.717) is 19.5 Å². The van der Waals surface area contributed by atoms with Crippen LogP contribution in [-0.4, -0.2) is 36.3 Å². The first-order valence-electron chi connectivity index (χ1n) is 11.2. The summed E-state index contributed by atoms with van der Waals surface area (Å²) in [4.78, 5) is 28.1. The van der Waals surface area contributed by atoms with Crippen LogP contribution in [0.15, 0.2) is 48.5 Å². The van der Waals surface area contributed by atoms with Crippen molar-refractivity contribution in [3.63, 3.8) is 0 Å². The number of aryl methyl sites for hydroxylation is 1. The van der Waals surface area contributed by atoms with E-state index >= 15 is 0 Å². The summed E-state index contributed by atoms with van der Waals surface area (Å²) in [6.45, 7) is 5.96. The number of rotatable bonds is 6. The van der Waals surface area contributed by atoms with Gasteiger partial charge in [0.25, 0.3) is 0 Å². The molecule has 2 amide bonds. The molecule has 1 atom stereocenters. The van der Waals surface area contributed by atoms with Crippen LogP contribution in [0.1, 0.15) is 43.7 Å². The maximum absolute atomic E-state index is 13.3. The highest BCUT2D eigenvalue weighted by molar-refractivity contribution is 5.86. The van der Waals surface area contributed by atoms with E-state index in [2.05, 4.69) is 54.7 Å². The van der Waals surface area contributed by atoms with E-state index in [4.69, 9.17) is 0 Å². The Bertz CT molecular complexity index is 917. The van der Waals surface area contributed by atoms with Gasteiger partial charge in [-0.05, 0) is 62.6 Å². The molecule has 2 fully saturated rings. The number of carbonyl (C=O) groups is 2. The molecule has 0 aromatic heterocycles. The number of likely N-dealkylation sites (tertiary alicyclic amines) is 1. The van der Waals surface area contributed by atoms with Crippen molar-refractivity contribution in [2.45, 2.75) is 46.0 Å². The average Bonchev–Trinajstić information content (AvgIpc) is 3.60. The van der Waals surface area contributed by atoms with Crippen molar-refractivity contribution in [1.29, 1.82) is 0 Å². The lowest BCUT2D eigenvalue weighted by Gasteiger charge is -2.42. The van der Waals surface area contributed by atoms with E-state index in [9.17, 15) is 9.59 Å². The van der Waals surface area contributed by atoms with Gasteiger partial charge in [0.2, 0.25) is 11.8 Å². The Hall–Kier alpha value is -2.62. The molecule has 30 heavy (non-hydrogen) atoms. The van der Waals surface area contributed by atoms with Gasteiger partial charge >= 0.3 is 0 Å². The fraction of sp³-hybridized carbons (Fsp3) is 0.462. The van der Waals surface area contributed by atoms with Crippen molar-refractivity contribution >= 4 is 11.8 Å². The Morgan fingerprint density at radius 1 is 1.10 bits per heavy atom. The second kappa shape index (κ2) is 8.63. The maximum Gasteiger partial charge on any atom is 0.228 e. The standard InChI is InChI=1S/C26H32N2O2/c1-3-27-25(30)26(15-6-16-28(18-26)24(29)21-13-14-21)17-22-7-4-5-8-23(22)20-11-9-19(2)10-12-20/h4-5,7-12,21H,3,6,13-18H2,1-2H3,(H,27,30)/t26-/m1/s1. The summed E-state index contributed by atoms with van der Waals surface area (Å²) in [7, 11) is 0. The molecule has 2 aliphatic rings. The van der Waals surface area contributed by atoms with Crippen molar-refractivity contribution in [3.8, 4) is 11.1 Å². The van der Waals surface area contributed by atoms with Crippen molar-refractivity contribution in [2.24, 2.45) is 11.3 Å². The maximum atomic E-state index is 13.3. The van der Waals surface area contributed by atoms with Crippen molar-refractivity contribution in [2.75, 3.05) is 19.6 Å². The Kier molecular flexibility index (Phi) is 5.94.